The topological polar surface area (TPSA) is 47.0 Å². The van der Waals surface area contributed by atoms with Gasteiger partial charge in [-0.3, -0.25) is 0 Å². The van der Waals surface area contributed by atoms with Crippen LogP contribution in [-0.2, 0) is 0 Å². The van der Waals surface area contributed by atoms with Crippen molar-refractivity contribution in [3.05, 3.63) is 11.9 Å². The van der Waals surface area contributed by atoms with Crippen LogP contribution in [-0.4, -0.2) is 22.6 Å². The minimum atomic E-state index is 0.168. The maximum Gasteiger partial charge on any atom is 0.219 e. The van der Waals surface area contributed by atoms with Crippen molar-refractivity contribution < 1.29 is 4.74 Å². The first-order valence-electron chi connectivity index (χ1n) is 7.39. The van der Waals surface area contributed by atoms with Gasteiger partial charge in [0.25, 0.3) is 0 Å². The van der Waals surface area contributed by atoms with Gasteiger partial charge in [0.15, 0.2) is 0 Å². The van der Waals surface area contributed by atoms with Crippen molar-refractivity contribution in [2.75, 3.05) is 11.9 Å². The van der Waals surface area contributed by atoms with E-state index in [2.05, 4.69) is 43.0 Å². The molecule has 1 aromatic rings. The smallest absolute Gasteiger partial charge is 0.219 e. The predicted octanol–water partition coefficient (Wildman–Crippen LogP) is 3.60. The quantitative estimate of drug-likeness (QED) is 0.816. The Bertz CT molecular complexity index is 416. The van der Waals surface area contributed by atoms with Crippen LogP contribution in [0.2, 0.25) is 0 Å². The highest BCUT2D eigenvalue weighted by atomic mass is 16.5. The van der Waals surface area contributed by atoms with E-state index in [1.807, 2.05) is 6.07 Å². The van der Waals surface area contributed by atoms with Gasteiger partial charge in [-0.15, -0.1) is 0 Å². The first kappa shape index (κ1) is 14.1. The van der Waals surface area contributed by atoms with Gasteiger partial charge in [-0.2, -0.15) is 4.98 Å². The molecule has 1 aliphatic carbocycles. The third-order valence-corrected chi connectivity index (χ3v) is 3.46. The average molecular weight is 263 g/mol. The molecule has 1 saturated carbocycles. The molecule has 1 aliphatic rings. The Labute approximate surface area is 116 Å². The fourth-order valence-corrected chi connectivity index (χ4v) is 1.70. The van der Waals surface area contributed by atoms with Gasteiger partial charge in [-0.05, 0) is 32.1 Å². The van der Waals surface area contributed by atoms with Crippen molar-refractivity contribution in [1.82, 2.24) is 9.97 Å². The number of nitrogens with zero attached hydrogens (tertiary/aromatic N) is 2. The minimum Gasteiger partial charge on any atom is -0.474 e. The van der Waals surface area contributed by atoms with E-state index in [1.54, 1.807) is 0 Å². The highest BCUT2D eigenvalue weighted by Gasteiger charge is 2.27. The van der Waals surface area contributed by atoms with Crippen LogP contribution in [0.5, 0.6) is 5.88 Å². The van der Waals surface area contributed by atoms with Gasteiger partial charge in [0.05, 0.1) is 6.10 Å². The van der Waals surface area contributed by atoms with Crippen LogP contribution in [0.1, 0.15) is 58.7 Å². The normalized spacial score (nSPS) is 16.5. The molecule has 0 saturated heterocycles. The van der Waals surface area contributed by atoms with E-state index in [9.17, 15) is 0 Å². The van der Waals surface area contributed by atoms with E-state index in [1.165, 1.54) is 12.8 Å². The minimum absolute atomic E-state index is 0.168. The zero-order chi connectivity index (χ0) is 13.8. The Balaban J connectivity index is 2.13. The molecular formula is C15H25N3O. The van der Waals surface area contributed by atoms with Crippen molar-refractivity contribution in [2.24, 2.45) is 5.92 Å². The van der Waals surface area contributed by atoms with Gasteiger partial charge in [0.2, 0.25) is 5.88 Å². The van der Waals surface area contributed by atoms with Crippen LogP contribution < -0.4 is 10.1 Å². The molecule has 1 fully saturated rings. The second-order valence-corrected chi connectivity index (χ2v) is 5.72. The standard InChI is InChI=1S/C15H25N3O/c1-5-8-16-13-9-14(19-11(4)10(2)3)18-15(17-13)12-6-7-12/h9-12H,5-8H2,1-4H3,(H,16,17,18). The second kappa shape index (κ2) is 6.22. The Kier molecular flexibility index (Phi) is 4.61. The average Bonchev–Trinajstić information content (AvgIpc) is 3.20. The van der Waals surface area contributed by atoms with Gasteiger partial charge in [-0.1, -0.05) is 20.8 Å². The number of hydrogen-bond donors (Lipinski definition) is 1. The first-order valence-corrected chi connectivity index (χ1v) is 7.39. The molecule has 4 heteroatoms. The number of ether oxygens (including phenoxy) is 1. The van der Waals surface area contributed by atoms with Gasteiger partial charge >= 0.3 is 0 Å². The zero-order valence-corrected chi connectivity index (χ0v) is 12.4. The van der Waals surface area contributed by atoms with Crippen LogP contribution in [0.25, 0.3) is 0 Å². The third kappa shape index (κ3) is 4.08. The van der Waals surface area contributed by atoms with E-state index in [4.69, 9.17) is 4.74 Å². The lowest BCUT2D eigenvalue weighted by Gasteiger charge is -2.18. The molecule has 1 heterocycles. The maximum absolute atomic E-state index is 5.92. The van der Waals surface area contributed by atoms with Gasteiger partial charge in [-0.25, -0.2) is 4.98 Å². The van der Waals surface area contributed by atoms with Crippen molar-refractivity contribution in [3.8, 4) is 5.88 Å². The number of aromatic nitrogens is 2. The lowest BCUT2D eigenvalue weighted by atomic mass is 10.1. The molecule has 1 unspecified atom stereocenters. The van der Waals surface area contributed by atoms with Crippen LogP contribution in [0.15, 0.2) is 6.07 Å². The predicted molar refractivity (Wildman–Crippen MR) is 77.7 cm³/mol. The SMILES string of the molecule is CCCNc1cc(OC(C)C(C)C)nc(C2CC2)n1. The van der Waals surface area contributed by atoms with Gasteiger partial charge < -0.3 is 10.1 Å². The lowest BCUT2D eigenvalue weighted by Crippen LogP contribution is -2.20. The molecule has 2 rings (SSSR count). The summed E-state index contributed by atoms with van der Waals surface area (Å²) in [5.74, 6) is 3.56. The molecule has 1 atom stereocenters. The molecule has 19 heavy (non-hydrogen) atoms. The molecule has 4 nitrogen and oxygen atoms in total. The lowest BCUT2D eigenvalue weighted by molar-refractivity contribution is 0.163. The second-order valence-electron chi connectivity index (χ2n) is 5.72. The number of hydrogen-bond acceptors (Lipinski definition) is 4. The Hall–Kier alpha value is -1.32. The highest BCUT2D eigenvalue weighted by Crippen LogP contribution is 2.39. The summed E-state index contributed by atoms with van der Waals surface area (Å²) in [5, 5.41) is 3.33. The molecule has 0 spiro atoms. The first-order chi connectivity index (χ1) is 9.10. The number of nitrogens with one attached hydrogen (secondary N) is 1. The van der Waals surface area contributed by atoms with Crippen molar-refractivity contribution in [3.63, 3.8) is 0 Å². The molecule has 0 bridgehead atoms. The van der Waals surface area contributed by atoms with Crippen LogP contribution >= 0.6 is 0 Å². The molecule has 0 amide bonds. The Morgan fingerprint density at radius 3 is 2.63 bits per heavy atom. The Morgan fingerprint density at radius 2 is 2.05 bits per heavy atom. The molecule has 0 aliphatic heterocycles. The van der Waals surface area contributed by atoms with E-state index in [-0.39, 0.29) is 6.10 Å². The van der Waals surface area contributed by atoms with Crippen molar-refractivity contribution in [2.45, 2.75) is 59.0 Å². The molecule has 1 N–H and O–H groups in total. The summed E-state index contributed by atoms with van der Waals surface area (Å²) in [5.41, 5.74) is 0. The summed E-state index contributed by atoms with van der Waals surface area (Å²) in [6.07, 6.45) is 3.66. The molecule has 106 valence electrons. The summed E-state index contributed by atoms with van der Waals surface area (Å²) >= 11 is 0. The van der Waals surface area contributed by atoms with Crippen LogP contribution in [0.3, 0.4) is 0 Å². The summed E-state index contributed by atoms with van der Waals surface area (Å²) in [7, 11) is 0. The van der Waals surface area contributed by atoms with E-state index >= 15 is 0 Å². The van der Waals surface area contributed by atoms with E-state index in [0.717, 1.165) is 24.6 Å². The number of rotatable bonds is 7. The highest BCUT2D eigenvalue weighted by molar-refractivity contribution is 5.39. The summed E-state index contributed by atoms with van der Waals surface area (Å²) in [4.78, 5) is 9.14. The summed E-state index contributed by atoms with van der Waals surface area (Å²) in [6, 6.07) is 1.92. The molecule has 0 aromatic carbocycles. The summed E-state index contributed by atoms with van der Waals surface area (Å²) in [6.45, 7) is 9.48. The fourth-order valence-electron chi connectivity index (χ4n) is 1.70. The van der Waals surface area contributed by atoms with Crippen molar-refractivity contribution >= 4 is 5.82 Å². The van der Waals surface area contributed by atoms with Gasteiger partial charge in [0.1, 0.15) is 11.6 Å². The zero-order valence-electron chi connectivity index (χ0n) is 12.4. The largest absolute Gasteiger partial charge is 0.474 e. The number of anilines is 1. The molecule has 0 radical (unpaired) electrons. The van der Waals surface area contributed by atoms with E-state index in [0.29, 0.717) is 17.7 Å². The maximum atomic E-state index is 5.92. The van der Waals surface area contributed by atoms with Crippen LogP contribution in [0, 0.1) is 5.92 Å². The Morgan fingerprint density at radius 1 is 1.32 bits per heavy atom. The molecule has 1 aromatic heterocycles. The van der Waals surface area contributed by atoms with E-state index < -0.39 is 0 Å². The monoisotopic (exact) mass is 263 g/mol. The van der Waals surface area contributed by atoms with Gasteiger partial charge in [0, 0.05) is 18.5 Å². The summed E-state index contributed by atoms with van der Waals surface area (Å²) < 4.78 is 5.92. The van der Waals surface area contributed by atoms with Crippen LogP contribution in [0.4, 0.5) is 5.82 Å². The molecular weight excluding hydrogens is 238 g/mol. The fraction of sp³-hybridized carbons (Fsp3) is 0.733. The van der Waals surface area contributed by atoms with Crippen molar-refractivity contribution in [1.29, 1.82) is 0 Å². The third-order valence-electron chi connectivity index (χ3n) is 3.46.